The summed E-state index contributed by atoms with van der Waals surface area (Å²) >= 11 is 17.7. The molecular formula is C14H8Cl3NO. The van der Waals surface area contributed by atoms with Gasteiger partial charge in [-0.15, -0.1) is 0 Å². The van der Waals surface area contributed by atoms with Gasteiger partial charge in [-0.1, -0.05) is 46.9 Å². The van der Waals surface area contributed by atoms with Crippen molar-refractivity contribution in [3.63, 3.8) is 0 Å². The fraction of sp³-hybridized carbons (Fsp3) is 0.0714. The molecule has 0 unspecified atom stereocenters. The lowest BCUT2D eigenvalue weighted by Gasteiger charge is -2.09. The third kappa shape index (κ3) is 3.54. The molecule has 0 saturated carbocycles. The molecule has 0 aliphatic carbocycles. The van der Waals surface area contributed by atoms with Gasteiger partial charge >= 0.3 is 0 Å². The van der Waals surface area contributed by atoms with Gasteiger partial charge in [0.15, 0.2) is 0 Å². The Hall–Kier alpha value is -1.40. The molecule has 0 radical (unpaired) electrons. The molecule has 0 fully saturated rings. The molecule has 0 spiro atoms. The van der Waals surface area contributed by atoms with Crippen LogP contribution in [0.2, 0.25) is 15.1 Å². The van der Waals surface area contributed by atoms with Crippen LogP contribution in [0.3, 0.4) is 0 Å². The Morgan fingerprint density at radius 1 is 0.947 bits per heavy atom. The molecule has 0 aromatic heterocycles. The lowest BCUT2D eigenvalue weighted by atomic mass is 10.2. The third-order valence-corrected chi connectivity index (χ3v) is 3.47. The molecule has 2 aromatic carbocycles. The van der Waals surface area contributed by atoms with Crippen molar-refractivity contribution in [2.45, 2.75) is 6.61 Å². The summed E-state index contributed by atoms with van der Waals surface area (Å²) in [4.78, 5) is 0. The molecule has 2 aromatic rings. The molecule has 0 atom stereocenters. The summed E-state index contributed by atoms with van der Waals surface area (Å²) in [5.74, 6) is 0.473. The summed E-state index contributed by atoms with van der Waals surface area (Å²) in [6, 6.07) is 12.3. The molecule has 0 saturated heterocycles. The average Bonchev–Trinajstić information content (AvgIpc) is 2.42. The number of ether oxygens (including phenoxy) is 1. The highest BCUT2D eigenvalue weighted by Crippen LogP contribution is 2.34. The zero-order valence-electron chi connectivity index (χ0n) is 9.66. The van der Waals surface area contributed by atoms with Gasteiger partial charge < -0.3 is 4.74 Å². The molecule has 2 rings (SSSR count). The lowest BCUT2D eigenvalue weighted by molar-refractivity contribution is 0.306. The Bertz CT molecular complexity index is 632. The summed E-state index contributed by atoms with van der Waals surface area (Å²) in [6.45, 7) is 0.337. The number of benzene rings is 2. The number of nitriles is 1. The third-order valence-electron chi connectivity index (χ3n) is 2.45. The lowest BCUT2D eigenvalue weighted by Crippen LogP contribution is -1.96. The van der Waals surface area contributed by atoms with E-state index in [2.05, 4.69) is 6.07 Å². The summed E-state index contributed by atoms with van der Waals surface area (Å²) in [5.41, 5.74) is 1.54. The van der Waals surface area contributed by atoms with E-state index in [0.717, 1.165) is 5.56 Å². The predicted molar refractivity (Wildman–Crippen MR) is 77.0 cm³/mol. The second-order valence-corrected chi connectivity index (χ2v) is 5.02. The molecule has 0 amide bonds. The number of nitrogens with zero attached hydrogens (tertiary/aromatic N) is 1. The van der Waals surface area contributed by atoms with E-state index in [1.165, 1.54) is 0 Å². The Kier molecular flexibility index (Phi) is 4.55. The molecule has 2 nitrogen and oxygen atoms in total. The fourth-order valence-electron chi connectivity index (χ4n) is 1.45. The van der Waals surface area contributed by atoms with Crippen LogP contribution in [0.25, 0.3) is 0 Å². The highest BCUT2D eigenvalue weighted by molar-refractivity contribution is 6.43. The van der Waals surface area contributed by atoms with Crippen LogP contribution >= 0.6 is 34.8 Å². The van der Waals surface area contributed by atoms with Crippen LogP contribution in [0.15, 0.2) is 36.4 Å². The summed E-state index contributed by atoms with van der Waals surface area (Å²) < 4.78 is 5.57. The van der Waals surface area contributed by atoms with E-state index in [1.54, 1.807) is 24.3 Å². The normalized spacial score (nSPS) is 10.0. The Balaban J connectivity index is 2.10. The van der Waals surface area contributed by atoms with E-state index >= 15 is 0 Å². The first-order valence-electron chi connectivity index (χ1n) is 5.36. The zero-order valence-corrected chi connectivity index (χ0v) is 11.9. The number of hydrogen-bond donors (Lipinski definition) is 0. The first kappa shape index (κ1) is 14.0. The van der Waals surface area contributed by atoms with Crippen LogP contribution in [0.5, 0.6) is 5.75 Å². The largest absolute Gasteiger partial charge is 0.487 e. The standard InChI is InChI=1S/C14H8Cl3NO/c15-11-5-13(17)14(6-12(11)16)19-8-10-3-1-9(7-18)2-4-10/h1-6H,8H2. The molecule has 19 heavy (non-hydrogen) atoms. The molecular weight excluding hydrogens is 305 g/mol. The van der Waals surface area contributed by atoms with E-state index in [4.69, 9.17) is 44.8 Å². The van der Waals surface area contributed by atoms with Crippen LogP contribution in [0.1, 0.15) is 11.1 Å². The Morgan fingerprint density at radius 3 is 2.21 bits per heavy atom. The van der Waals surface area contributed by atoms with E-state index in [1.807, 2.05) is 12.1 Å². The van der Waals surface area contributed by atoms with Crippen molar-refractivity contribution in [2.24, 2.45) is 0 Å². The van der Waals surface area contributed by atoms with E-state index in [9.17, 15) is 0 Å². The van der Waals surface area contributed by atoms with Crippen molar-refractivity contribution in [3.8, 4) is 11.8 Å². The topological polar surface area (TPSA) is 33.0 Å². The second kappa shape index (κ2) is 6.16. The fourth-order valence-corrected chi connectivity index (χ4v) is 2.04. The minimum absolute atomic E-state index is 0.337. The Morgan fingerprint density at radius 2 is 1.58 bits per heavy atom. The highest BCUT2D eigenvalue weighted by Gasteiger charge is 2.07. The predicted octanol–water partition coefficient (Wildman–Crippen LogP) is 5.10. The smallest absolute Gasteiger partial charge is 0.139 e. The first-order valence-corrected chi connectivity index (χ1v) is 6.50. The zero-order chi connectivity index (χ0) is 13.8. The van der Waals surface area contributed by atoms with Gasteiger partial charge in [-0.3, -0.25) is 0 Å². The molecule has 0 aliphatic rings. The van der Waals surface area contributed by atoms with Crippen molar-refractivity contribution in [3.05, 3.63) is 62.6 Å². The first-order chi connectivity index (χ1) is 9.10. The van der Waals surface area contributed by atoms with Crippen LogP contribution < -0.4 is 4.74 Å². The average molecular weight is 313 g/mol. The second-order valence-electron chi connectivity index (χ2n) is 3.79. The van der Waals surface area contributed by atoms with Gasteiger partial charge in [-0.2, -0.15) is 5.26 Å². The maximum absolute atomic E-state index is 8.70. The van der Waals surface area contributed by atoms with Gasteiger partial charge in [0.25, 0.3) is 0 Å². The van der Waals surface area contributed by atoms with Crippen molar-refractivity contribution >= 4 is 34.8 Å². The maximum atomic E-state index is 8.70. The van der Waals surface area contributed by atoms with Crippen molar-refractivity contribution in [2.75, 3.05) is 0 Å². The minimum atomic E-state index is 0.337. The molecule has 0 N–H and O–H groups in total. The van der Waals surface area contributed by atoms with Crippen LogP contribution in [0.4, 0.5) is 0 Å². The molecule has 5 heteroatoms. The van der Waals surface area contributed by atoms with E-state index in [-0.39, 0.29) is 0 Å². The highest BCUT2D eigenvalue weighted by atomic mass is 35.5. The molecule has 0 heterocycles. The van der Waals surface area contributed by atoms with Crippen LogP contribution in [-0.2, 0) is 6.61 Å². The van der Waals surface area contributed by atoms with Gasteiger partial charge in [0.2, 0.25) is 0 Å². The number of hydrogen-bond acceptors (Lipinski definition) is 2. The van der Waals surface area contributed by atoms with Gasteiger partial charge in [-0.05, 0) is 23.8 Å². The van der Waals surface area contributed by atoms with Crippen molar-refractivity contribution < 1.29 is 4.74 Å². The maximum Gasteiger partial charge on any atom is 0.139 e. The molecule has 0 aliphatic heterocycles. The number of rotatable bonds is 3. The van der Waals surface area contributed by atoms with Crippen LogP contribution in [0, 0.1) is 11.3 Å². The van der Waals surface area contributed by atoms with E-state index in [0.29, 0.717) is 33.0 Å². The van der Waals surface area contributed by atoms with Gasteiger partial charge in [0, 0.05) is 6.07 Å². The molecule has 96 valence electrons. The summed E-state index contributed by atoms with van der Waals surface area (Å²) in [7, 11) is 0. The summed E-state index contributed by atoms with van der Waals surface area (Å²) in [5, 5.41) is 9.89. The molecule has 0 bridgehead atoms. The quantitative estimate of drug-likeness (QED) is 0.739. The van der Waals surface area contributed by atoms with Crippen molar-refractivity contribution in [1.82, 2.24) is 0 Å². The summed E-state index contributed by atoms with van der Waals surface area (Å²) in [6.07, 6.45) is 0. The number of halogens is 3. The Labute approximate surface area is 126 Å². The SMILES string of the molecule is N#Cc1ccc(COc2cc(Cl)c(Cl)cc2Cl)cc1. The van der Waals surface area contributed by atoms with Gasteiger partial charge in [-0.25, -0.2) is 0 Å². The van der Waals surface area contributed by atoms with Crippen LogP contribution in [-0.4, -0.2) is 0 Å². The van der Waals surface area contributed by atoms with Gasteiger partial charge in [0.05, 0.1) is 26.7 Å². The minimum Gasteiger partial charge on any atom is -0.487 e. The monoisotopic (exact) mass is 311 g/mol. The van der Waals surface area contributed by atoms with Crippen molar-refractivity contribution in [1.29, 1.82) is 5.26 Å². The van der Waals surface area contributed by atoms with Gasteiger partial charge in [0.1, 0.15) is 12.4 Å². The van der Waals surface area contributed by atoms with E-state index < -0.39 is 0 Å².